The average Bonchev–Trinajstić information content (AvgIpc) is 3.08. The highest BCUT2D eigenvalue weighted by molar-refractivity contribution is 5.65. The van der Waals surface area contributed by atoms with Crippen LogP contribution in [0.5, 0.6) is 11.5 Å². The minimum atomic E-state index is -0.304. The number of ether oxygens (including phenoxy) is 2. The molecule has 0 fully saturated rings. The number of aromatic nitrogens is 1. The van der Waals surface area contributed by atoms with Crippen molar-refractivity contribution in [2.24, 2.45) is 0 Å². The lowest BCUT2D eigenvalue weighted by atomic mass is 10.1. The summed E-state index contributed by atoms with van der Waals surface area (Å²) in [5, 5.41) is 3.85. The molecule has 128 valence electrons. The summed E-state index contributed by atoms with van der Waals surface area (Å²) in [7, 11) is 0. The Hall–Kier alpha value is -3.08. The molecule has 25 heavy (non-hydrogen) atoms. The van der Waals surface area contributed by atoms with Gasteiger partial charge in [-0.05, 0) is 54.5 Å². The fourth-order valence-corrected chi connectivity index (χ4v) is 2.22. The van der Waals surface area contributed by atoms with E-state index in [4.69, 9.17) is 14.0 Å². The Morgan fingerprint density at radius 1 is 1.04 bits per heavy atom. The Kier molecular flexibility index (Phi) is 5.14. The molecular formula is C20H18FNO3. The van der Waals surface area contributed by atoms with Gasteiger partial charge in [-0.25, -0.2) is 4.39 Å². The summed E-state index contributed by atoms with van der Waals surface area (Å²) in [6, 6.07) is 13.5. The molecule has 5 heteroatoms. The molecule has 0 amide bonds. The highest BCUT2D eigenvalue weighted by atomic mass is 19.1. The monoisotopic (exact) mass is 339 g/mol. The lowest BCUT2D eigenvalue weighted by molar-refractivity contribution is 0.250. The predicted octanol–water partition coefficient (Wildman–Crippen LogP) is 5.01. The van der Waals surface area contributed by atoms with E-state index in [1.807, 2.05) is 31.2 Å². The Labute approximate surface area is 145 Å². The van der Waals surface area contributed by atoms with Crippen LogP contribution in [0, 0.1) is 5.82 Å². The van der Waals surface area contributed by atoms with Crippen LogP contribution >= 0.6 is 0 Å². The summed E-state index contributed by atoms with van der Waals surface area (Å²) in [5.74, 6) is 1.63. The van der Waals surface area contributed by atoms with E-state index in [1.165, 1.54) is 12.1 Å². The summed E-state index contributed by atoms with van der Waals surface area (Å²) in [5.41, 5.74) is 2.75. The average molecular weight is 339 g/mol. The van der Waals surface area contributed by atoms with Gasteiger partial charge in [0.05, 0.1) is 6.20 Å². The van der Waals surface area contributed by atoms with Crippen LogP contribution in [-0.4, -0.2) is 11.8 Å². The predicted molar refractivity (Wildman–Crippen MR) is 93.0 cm³/mol. The van der Waals surface area contributed by atoms with Crippen LogP contribution in [0.4, 0.5) is 4.39 Å². The maximum absolute atomic E-state index is 12.9. The van der Waals surface area contributed by atoms with Gasteiger partial charge < -0.3 is 14.0 Å². The highest BCUT2D eigenvalue weighted by Crippen LogP contribution is 2.27. The molecule has 3 aromatic rings. The van der Waals surface area contributed by atoms with Gasteiger partial charge in [-0.3, -0.25) is 0 Å². The smallest absolute Gasteiger partial charge is 0.181 e. The first-order chi connectivity index (χ1) is 12.1. The SMILES string of the molecule is C=C(C)COc1ccc(-c2cnoc2COc2ccc(F)cc2)cc1. The molecule has 1 heterocycles. The van der Waals surface area contributed by atoms with E-state index in [9.17, 15) is 4.39 Å². The zero-order valence-corrected chi connectivity index (χ0v) is 13.9. The zero-order valence-electron chi connectivity index (χ0n) is 13.9. The molecule has 0 N–H and O–H groups in total. The van der Waals surface area contributed by atoms with Crippen LogP contribution in [0.1, 0.15) is 12.7 Å². The number of halogens is 1. The van der Waals surface area contributed by atoms with Gasteiger partial charge in [0.25, 0.3) is 0 Å². The largest absolute Gasteiger partial charge is 0.489 e. The molecule has 4 nitrogen and oxygen atoms in total. The third-order valence-corrected chi connectivity index (χ3v) is 3.48. The molecule has 0 atom stereocenters. The molecule has 3 rings (SSSR count). The van der Waals surface area contributed by atoms with E-state index in [1.54, 1.807) is 18.3 Å². The van der Waals surface area contributed by atoms with E-state index in [0.717, 1.165) is 22.4 Å². The molecule has 2 aromatic carbocycles. The molecule has 0 saturated carbocycles. The Morgan fingerprint density at radius 3 is 2.36 bits per heavy atom. The molecule has 0 bridgehead atoms. The van der Waals surface area contributed by atoms with Crippen molar-refractivity contribution in [1.82, 2.24) is 5.16 Å². The van der Waals surface area contributed by atoms with Gasteiger partial charge >= 0.3 is 0 Å². The second kappa shape index (κ2) is 7.66. The van der Waals surface area contributed by atoms with Gasteiger partial charge in [-0.1, -0.05) is 23.9 Å². The standard InChI is InChI=1S/C20H18FNO3/c1-14(2)12-23-17-7-3-15(4-8-17)19-11-22-25-20(19)13-24-18-9-5-16(21)6-10-18/h3-11H,1,12-13H2,2H3. The van der Waals surface area contributed by atoms with E-state index in [2.05, 4.69) is 11.7 Å². The van der Waals surface area contributed by atoms with Crippen molar-refractivity contribution in [1.29, 1.82) is 0 Å². The first-order valence-corrected chi connectivity index (χ1v) is 7.81. The second-order valence-electron chi connectivity index (χ2n) is 5.68. The molecular weight excluding hydrogens is 321 g/mol. The number of rotatable bonds is 7. The van der Waals surface area contributed by atoms with Crippen LogP contribution in [-0.2, 0) is 6.61 Å². The molecule has 0 spiro atoms. The van der Waals surface area contributed by atoms with Crippen molar-refractivity contribution in [3.63, 3.8) is 0 Å². The van der Waals surface area contributed by atoms with E-state index >= 15 is 0 Å². The lowest BCUT2D eigenvalue weighted by Gasteiger charge is -2.07. The number of nitrogens with zero attached hydrogens (tertiary/aromatic N) is 1. The fourth-order valence-electron chi connectivity index (χ4n) is 2.22. The summed E-state index contributed by atoms with van der Waals surface area (Å²) < 4.78 is 29.4. The molecule has 0 aliphatic carbocycles. The maximum atomic E-state index is 12.9. The van der Waals surface area contributed by atoms with Gasteiger partial charge in [0.15, 0.2) is 5.76 Å². The van der Waals surface area contributed by atoms with E-state index in [0.29, 0.717) is 18.1 Å². The summed E-state index contributed by atoms with van der Waals surface area (Å²) in [4.78, 5) is 0. The summed E-state index contributed by atoms with van der Waals surface area (Å²) >= 11 is 0. The Bertz CT molecular complexity index is 838. The third kappa shape index (κ3) is 4.47. The quantitative estimate of drug-likeness (QED) is 0.567. The molecule has 1 aromatic heterocycles. The molecule has 0 saturated heterocycles. The first kappa shape index (κ1) is 16.8. The number of hydrogen-bond acceptors (Lipinski definition) is 4. The Morgan fingerprint density at radius 2 is 1.68 bits per heavy atom. The van der Waals surface area contributed by atoms with Crippen molar-refractivity contribution < 1.29 is 18.4 Å². The second-order valence-corrected chi connectivity index (χ2v) is 5.68. The molecule has 0 aliphatic rings. The fraction of sp³-hybridized carbons (Fsp3) is 0.150. The van der Waals surface area contributed by atoms with Crippen molar-refractivity contribution >= 4 is 0 Å². The summed E-state index contributed by atoms with van der Waals surface area (Å²) in [6.45, 7) is 6.42. The van der Waals surface area contributed by atoms with Gasteiger partial charge in [0.2, 0.25) is 0 Å². The van der Waals surface area contributed by atoms with Gasteiger partial charge in [0, 0.05) is 5.56 Å². The highest BCUT2D eigenvalue weighted by Gasteiger charge is 2.11. The van der Waals surface area contributed by atoms with Crippen LogP contribution < -0.4 is 9.47 Å². The van der Waals surface area contributed by atoms with Crippen LogP contribution in [0.15, 0.2) is 71.4 Å². The molecule has 0 aliphatic heterocycles. The zero-order chi connectivity index (χ0) is 17.6. The maximum Gasteiger partial charge on any atom is 0.181 e. The molecule has 0 radical (unpaired) electrons. The topological polar surface area (TPSA) is 44.5 Å². The van der Waals surface area contributed by atoms with Crippen LogP contribution in [0.25, 0.3) is 11.1 Å². The number of benzene rings is 2. The van der Waals surface area contributed by atoms with E-state index in [-0.39, 0.29) is 12.4 Å². The van der Waals surface area contributed by atoms with Crippen LogP contribution in [0.3, 0.4) is 0 Å². The third-order valence-electron chi connectivity index (χ3n) is 3.48. The first-order valence-electron chi connectivity index (χ1n) is 7.81. The van der Waals surface area contributed by atoms with Gasteiger partial charge in [-0.2, -0.15) is 0 Å². The van der Waals surface area contributed by atoms with Crippen molar-refractivity contribution in [2.45, 2.75) is 13.5 Å². The normalized spacial score (nSPS) is 10.5. The lowest BCUT2D eigenvalue weighted by Crippen LogP contribution is -1.97. The number of hydrogen-bond donors (Lipinski definition) is 0. The summed E-state index contributed by atoms with van der Waals surface area (Å²) in [6.07, 6.45) is 1.65. The Balaban J connectivity index is 1.68. The van der Waals surface area contributed by atoms with Crippen molar-refractivity contribution in [3.8, 4) is 22.6 Å². The van der Waals surface area contributed by atoms with Gasteiger partial charge in [-0.15, -0.1) is 0 Å². The molecule has 0 unspecified atom stereocenters. The van der Waals surface area contributed by atoms with Crippen molar-refractivity contribution in [3.05, 3.63) is 78.5 Å². The minimum absolute atomic E-state index is 0.203. The van der Waals surface area contributed by atoms with Crippen molar-refractivity contribution in [2.75, 3.05) is 6.61 Å². The minimum Gasteiger partial charge on any atom is -0.489 e. The van der Waals surface area contributed by atoms with E-state index < -0.39 is 0 Å². The van der Waals surface area contributed by atoms with Gasteiger partial charge in [0.1, 0.15) is 30.5 Å². The van der Waals surface area contributed by atoms with Crippen LogP contribution in [0.2, 0.25) is 0 Å².